The van der Waals surface area contributed by atoms with Gasteiger partial charge in [-0.2, -0.15) is 0 Å². The van der Waals surface area contributed by atoms with E-state index in [1.807, 2.05) is 0 Å². The molecule has 0 radical (unpaired) electrons. The molecule has 27 heavy (non-hydrogen) atoms. The molecule has 164 valence electrons. The Balaban J connectivity index is 5.15. The largest absolute Gasteiger partial charge is 0.395 e. The summed E-state index contributed by atoms with van der Waals surface area (Å²) in [5.74, 6) is 0. The van der Waals surface area contributed by atoms with Gasteiger partial charge in [0.2, 0.25) is 0 Å². The molecule has 0 amide bonds. The van der Waals surface area contributed by atoms with Gasteiger partial charge in [0.25, 0.3) is 0 Å². The predicted molar refractivity (Wildman–Crippen MR) is 126 cm³/mol. The first-order valence-corrected chi connectivity index (χ1v) is 16.3. The molecule has 0 bridgehead atoms. The van der Waals surface area contributed by atoms with Crippen LogP contribution >= 0.6 is 0 Å². The van der Waals surface area contributed by atoms with Crippen LogP contribution in [0.4, 0.5) is 0 Å². The summed E-state index contributed by atoms with van der Waals surface area (Å²) in [6, 6.07) is 1.12. The summed E-state index contributed by atoms with van der Waals surface area (Å²) >= 11 is 0. The molecular formula is C22H51NO2Si2. The summed E-state index contributed by atoms with van der Waals surface area (Å²) in [6.07, 6.45) is 5.11. The van der Waals surface area contributed by atoms with E-state index in [4.69, 9.17) is 8.85 Å². The van der Waals surface area contributed by atoms with Crippen molar-refractivity contribution in [3.8, 4) is 0 Å². The van der Waals surface area contributed by atoms with E-state index in [1.165, 1.54) is 38.8 Å². The van der Waals surface area contributed by atoms with E-state index in [-0.39, 0.29) is 0 Å². The maximum atomic E-state index is 6.04. The van der Waals surface area contributed by atoms with Crippen LogP contribution < -0.4 is 0 Å². The van der Waals surface area contributed by atoms with Crippen molar-refractivity contribution in [3.05, 3.63) is 0 Å². The molecule has 0 fully saturated rings. The summed E-state index contributed by atoms with van der Waals surface area (Å²) in [6.45, 7) is 27.7. The van der Waals surface area contributed by atoms with E-state index in [0.29, 0.717) is 0 Å². The summed E-state index contributed by atoms with van der Waals surface area (Å²) in [5.41, 5.74) is 2.38. The molecule has 0 aromatic rings. The zero-order valence-corrected chi connectivity index (χ0v) is 22.4. The van der Waals surface area contributed by atoms with Crippen molar-refractivity contribution in [2.45, 2.75) is 117 Å². The Morgan fingerprint density at radius 1 is 0.704 bits per heavy atom. The van der Waals surface area contributed by atoms with E-state index < -0.39 is 16.8 Å². The molecule has 0 rings (SSSR count). The molecule has 3 nitrogen and oxygen atoms in total. The highest BCUT2D eigenvalue weighted by atomic mass is 28.4. The number of unbranched alkanes of at least 4 members (excludes halogenated alkanes) is 2. The minimum absolute atomic E-state index is 0.773. The second-order valence-corrected chi connectivity index (χ2v) is 18.4. The van der Waals surface area contributed by atoms with Crippen LogP contribution in [0.5, 0.6) is 0 Å². The number of nitrogens with zero attached hydrogens (tertiary/aromatic N) is 1. The van der Waals surface area contributed by atoms with Crippen LogP contribution in [0, 0.1) is 0 Å². The van der Waals surface area contributed by atoms with E-state index in [1.54, 1.807) is 0 Å². The SMILES string of the molecule is CCCCN(CCCC[Si](C)(OCC)OCC)[Si](C(C)C)(C(C)C)C(C)C. The standard InChI is InChI=1S/C22H51NO2Si2/c1-11-14-17-23(27(20(4)5,21(6)7)22(8)9)18-15-16-19-26(10,24-12-2)25-13-3/h20-22H,11-19H2,1-10H3. The number of hydrogen-bond donors (Lipinski definition) is 0. The van der Waals surface area contributed by atoms with Crippen molar-refractivity contribution in [1.82, 2.24) is 4.57 Å². The van der Waals surface area contributed by atoms with Crippen molar-refractivity contribution < 1.29 is 8.85 Å². The van der Waals surface area contributed by atoms with Gasteiger partial charge in [0, 0.05) is 13.2 Å². The second-order valence-electron chi connectivity index (χ2n) is 9.15. The Kier molecular flexibility index (Phi) is 13.7. The number of hydrogen-bond acceptors (Lipinski definition) is 3. The lowest BCUT2D eigenvalue weighted by atomic mass is 10.3. The quantitative estimate of drug-likeness (QED) is 0.196. The van der Waals surface area contributed by atoms with Crippen LogP contribution in [0.1, 0.15) is 88.0 Å². The summed E-state index contributed by atoms with van der Waals surface area (Å²) < 4.78 is 15.1. The van der Waals surface area contributed by atoms with Gasteiger partial charge in [-0.25, -0.2) is 0 Å². The first-order chi connectivity index (χ1) is 12.6. The van der Waals surface area contributed by atoms with Gasteiger partial charge < -0.3 is 13.4 Å². The average Bonchev–Trinajstić information content (AvgIpc) is 2.55. The fourth-order valence-electron chi connectivity index (χ4n) is 5.49. The van der Waals surface area contributed by atoms with Gasteiger partial charge >= 0.3 is 8.56 Å². The third-order valence-corrected chi connectivity index (χ3v) is 16.5. The summed E-state index contributed by atoms with van der Waals surface area (Å²) in [5, 5.41) is 0. The van der Waals surface area contributed by atoms with Crippen LogP contribution in [0.15, 0.2) is 0 Å². The highest BCUT2D eigenvalue weighted by Gasteiger charge is 2.47. The number of rotatable bonds is 16. The lowest BCUT2D eigenvalue weighted by Crippen LogP contribution is -2.60. The molecular weight excluding hydrogens is 366 g/mol. The van der Waals surface area contributed by atoms with E-state index >= 15 is 0 Å². The van der Waals surface area contributed by atoms with Crippen molar-refractivity contribution >= 4 is 16.8 Å². The smallest absolute Gasteiger partial charge is 0.334 e. The Hall–Kier alpha value is 0.314. The average molecular weight is 418 g/mol. The molecule has 0 saturated carbocycles. The molecule has 0 aromatic carbocycles. The Bertz CT molecular complexity index is 348. The Morgan fingerprint density at radius 2 is 1.15 bits per heavy atom. The summed E-state index contributed by atoms with van der Waals surface area (Å²) in [7, 11) is -3.50. The van der Waals surface area contributed by atoms with Crippen LogP contribution in [-0.4, -0.2) is 47.7 Å². The first kappa shape index (κ1) is 27.3. The maximum absolute atomic E-state index is 6.04. The second kappa shape index (κ2) is 13.5. The molecule has 0 aliphatic carbocycles. The van der Waals surface area contributed by atoms with Gasteiger partial charge in [-0.15, -0.1) is 0 Å². The van der Waals surface area contributed by atoms with E-state index in [9.17, 15) is 0 Å². The van der Waals surface area contributed by atoms with Crippen molar-refractivity contribution in [2.24, 2.45) is 0 Å². The highest BCUT2D eigenvalue weighted by Crippen LogP contribution is 2.44. The fraction of sp³-hybridized carbons (Fsp3) is 1.00. The van der Waals surface area contributed by atoms with Crippen molar-refractivity contribution in [1.29, 1.82) is 0 Å². The van der Waals surface area contributed by atoms with Gasteiger partial charge in [-0.3, -0.25) is 0 Å². The molecule has 0 heterocycles. The minimum Gasteiger partial charge on any atom is -0.395 e. The van der Waals surface area contributed by atoms with Crippen molar-refractivity contribution in [2.75, 3.05) is 26.3 Å². The van der Waals surface area contributed by atoms with E-state index in [0.717, 1.165) is 35.9 Å². The molecule has 5 heteroatoms. The monoisotopic (exact) mass is 417 g/mol. The van der Waals surface area contributed by atoms with Crippen LogP contribution in [0.3, 0.4) is 0 Å². The van der Waals surface area contributed by atoms with Crippen LogP contribution in [-0.2, 0) is 8.85 Å². The minimum atomic E-state index is -1.97. The summed E-state index contributed by atoms with van der Waals surface area (Å²) in [4.78, 5) is 0. The zero-order valence-electron chi connectivity index (χ0n) is 20.4. The predicted octanol–water partition coefficient (Wildman–Crippen LogP) is 7.19. The normalized spacial score (nSPS) is 13.6. The highest BCUT2D eigenvalue weighted by molar-refractivity contribution is 6.81. The van der Waals surface area contributed by atoms with Gasteiger partial charge in [0.15, 0.2) is 0 Å². The molecule has 0 N–H and O–H groups in total. The molecule has 0 unspecified atom stereocenters. The fourth-order valence-corrected chi connectivity index (χ4v) is 15.3. The molecule has 0 atom stereocenters. The molecule has 0 aliphatic rings. The third-order valence-electron chi connectivity index (χ3n) is 6.31. The van der Waals surface area contributed by atoms with Crippen LogP contribution in [0.2, 0.25) is 29.2 Å². The topological polar surface area (TPSA) is 21.7 Å². The van der Waals surface area contributed by atoms with Gasteiger partial charge in [0.1, 0.15) is 8.24 Å². The zero-order chi connectivity index (χ0) is 21.1. The Morgan fingerprint density at radius 3 is 1.52 bits per heavy atom. The van der Waals surface area contributed by atoms with Gasteiger partial charge in [0.05, 0.1) is 0 Å². The third kappa shape index (κ3) is 7.92. The molecule has 0 aliphatic heterocycles. The van der Waals surface area contributed by atoms with Crippen LogP contribution in [0.25, 0.3) is 0 Å². The lowest BCUT2D eigenvalue weighted by Gasteiger charge is -2.51. The molecule has 0 aromatic heterocycles. The maximum Gasteiger partial charge on any atom is 0.334 e. The van der Waals surface area contributed by atoms with Crippen molar-refractivity contribution in [3.63, 3.8) is 0 Å². The van der Waals surface area contributed by atoms with E-state index in [2.05, 4.69) is 73.4 Å². The van der Waals surface area contributed by atoms with Gasteiger partial charge in [-0.05, 0) is 69.0 Å². The Labute approximate surface area is 173 Å². The molecule has 0 spiro atoms. The van der Waals surface area contributed by atoms with Gasteiger partial charge in [-0.1, -0.05) is 61.3 Å². The lowest BCUT2D eigenvalue weighted by molar-refractivity contribution is 0.188. The molecule has 0 saturated heterocycles. The first-order valence-electron chi connectivity index (χ1n) is 11.6.